The van der Waals surface area contributed by atoms with Crippen LogP contribution in [0.1, 0.15) is 35.0 Å². The van der Waals surface area contributed by atoms with Gasteiger partial charge in [-0.05, 0) is 12.8 Å². The predicted molar refractivity (Wildman–Crippen MR) is 78.6 cm³/mol. The Morgan fingerprint density at radius 1 is 1.18 bits per heavy atom. The third kappa shape index (κ3) is 2.54. The molecular formula is C15H17N5O2. The van der Waals surface area contributed by atoms with Gasteiger partial charge in [0.1, 0.15) is 11.6 Å². The third-order valence-electron chi connectivity index (χ3n) is 4.17. The average molecular weight is 299 g/mol. The highest BCUT2D eigenvalue weighted by Crippen LogP contribution is 2.40. The van der Waals surface area contributed by atoms with E-state index >= 15 is 0 Å². The number of anilines is 1. The summed E-state index contributed by atoms with van der Waals surface area (Å²) in [5.74, 6) is 2.13. The van der Waals surface area contributed by atoms with Gasteiger partial charge in [-0.15, -0.1) is 0 Å². The van der Waals surface area contributed by atoms with Crippen molar-refractivity contribution in [2.45, 2.75) is 18.8 Å². The zero-order chi connectivity index (χ0) is 14.9. The van der Waals surface area contributed by atoms with Crippen LogP contribution < -0.4 is 4.90 Å². The van der Waals surface area contributed by atoms with Crippen molar-refractivity contribution in [2.24, 2.45) is 0 Å². The summed E-state index contributed by atoms with van der Waals surface area (Å²) in [6.07, 6.45) is 7.36. The minimum atomic E-state index is -0.0468. The fourth-order valence-electron chi connectivity index (χ4n) is 2.71. The molecule has 114 valence electrons. The average Bonchev–Trinajstić information content (AvgIpc) is 3.32. The molecule has 3 heterocycles. The summed E-state index contributed by atoms with van der Waals surface area (Å²) >= 11 is 0. The minimum absolute atomic E-state index is 0.0468. The van der Waals surface area contributed by atoms with Gasteiger partial charge in [0.15, 0.2) is 5.69 Å². The van der Waals surface area contributed by atoms with Gasteiger partial charge in [0, 0.05) is 50.6 Å². The highest BCUT2D eigenvalue weighted by atomic mass is 16.5. The minimum Gasteiger partial charge on any atom is -0.360 e. The van der Waals surface area contributed by atoms with Crippen molar-refractivity contribution in [1.82, 2.24) is 20.0 Å². The molecule has 2 aliphatic rings. The Balaban J connectivity index is 1.39. The summed E-state index contributed by atoms with van der Waals surface area (Å²) in [6, 6.07) is 1.80. The summed E-state index contributed by atoms with van der Waals surface area (Å²) < 4.78 is 5.26. The van der Waals surface area contributed by atoms with Crippen LogP contribution in [0, 0.1) is 0 Å². The van der Waals surface area contributed by atoms with E-state index in [-0.39, 0.29) is 5.91 Å². The molecule has 0 unspecified atom stereocenters. The Kier molecular flexibility index (Phi) is 3.25. The lowest BCUT2D eigenvalue weighted by Gasteiger charge is -2.34. The fraction of sp³-hybridized carbons (Fsp3) is 0.467. The number of hydrogen-bond acceptors (Lipinski definition) is 6. The number of aromatic nitrogens is 3. The normalized spacial score (nSPS) is 18.5. The van der Waals surface area contributed by atoms with Crippen LogP contribution in [0.25, 0.3) is 0 Å². The highest BCUT2D eigenvalue weighted by Gasteiger charge is 2.30. The molecule has 2 aromatic heterocycles. The van der Waals surface area contributed by atoms with Crippen LogP contribution in [-0.4, -0.2) is 52.1 Å². The van der Waals surface area contributed by atoms with E-state index in [1.807, 2.05) is 4.90 Å². The van der Waals surface area contributed by atoms with Crippen molar-refractivity contribution >= 4 is 11.7 Å². The molecule has 2 fully saturated rings. The first-order valence-electron chi connectivity index (χ1n) is 7.58. The largest absolute Gasteiger partial charge is 0.360 e. The Morgan fingerprint density at radius 3 is 2.68 bits per heavy atom. The lowest BCUT2D eigenvalue weighted by atomic mass is 10.2. The summed E-state index contributed by atoms with van der Waals surface area (Å²) in [6.45, 7) is 2.80. The zero-order valence-corrected chi connectivity index (χ0v) is 12.2. The van der Waals surface area contributed by atoms with Gasteiger partial charge in [-0.3, -0.25) is 9.78 Å². The molecule has 1 aliphatic heterocycles. The maximum absolute atomic E-state index is 12.5. The Bertz CT molecular complexity index is 660. The molecule has 0 spiro atoms. The number of hydrogen-bond donors (Lipinski definition) is 0. The number of carbonyl (C=O) groups is 1. The summed E-state index contributed by atoms with van der Waals surface area (Å²) in [7, 11) is 0. The number of nitrogens with zero attached hydrogens (tertiary/aromatic N) is 5. The molecule has 1 amide bonds. The van der Waals surface area contributed by atoms with E-state index < -0.39 is 0 Å². The molecule has 1 aliphatic carbocycles. The predicted octanol–water partition coefficient (Wildman–Crippen LogP) is 1.30. The van der Waals surface area contributed by atoms with Crippen molar-refractivity contribution in [1.29, 1.82) is 0 Å². The second-order valence-electron chi connectivity index (χ2n) is 5.73. The Hall–Kier alpha value is -2.44. The van der Waals surface area contributed by atoms with Crippen LogP contribution >= 0.6 is 0 Å². The van der Waals surface area contributed by atoms with E-state index in [1.54, 1.807) is 24.7 Å². The van der Waals surface area contributed by atoms with E-state index in [1.165, 1.54) is 0 Å². The van der Waals surface area contributed by atoms with Crippen LogP contribution in [0.5, 0.6) is 0 Å². The van der Waals surface area contributed by atoms with Crippen LogP contribution in [0.3, 0.4) is 0 Å². The third-order valence-corrected chi connectivity index (χ3v) is 4.17. The molecule has 0 atom stereocenters. The van der Waals surface area contributed by atoms with Crippen LogP contribution in [0.15, 0.2) is 29.2 Å². The van der Waals surface area contributed by atoms with Crippen LogP contribution in [0.4, 0.5) is 5.82 Å². The molecule has 22 heavy (non-hydrogen) atoms. The van der Waals surface area contributed by atoms with E-state index in [2.05, 4.69) is 20.0 Å². The smallest absolute Gasteiger partial charge is 0.276 e. The Labute approximate surface area is 127 Å². The number of carbonyl (C=O) groups excluding carboxylic acids is 1. The second-order valence-corrected chi connectivity index (χ2v) is 5.73. The highest BCUT2D eigenvalue weighted by molar-refractivity contribution is 5.92. The summed E-state index contributed by atoms with van der Waals surface area (Å²) in [5, 5.41) is 3.93. The topological polar surface area (TPSA) is 75.4 Å². The van der Waals surface area contributed by atoms with Gasteiger partial charge in [0.2, 0.25) is 0 Å². The zero-order valence-electron chi connectivity index (χ0n) is 12.2. The van der Waals surface area contributed by atoms with E-state index in [0.717, 1.165) is 37.5 Å². The molecule has 1 saturated heterocycles. The van der Waals surface area contributed by atoms with Gasteiger partial charge in [-0.1, -0.05) is 5.16 Å². The maximum atomic E-state index is 12.5. The van der Waals surface area contributed by atoms with Gasteiger partial charge >= 0.3 is 0 Å². The maximum Gasteiger partial charge on any atom is 0.276 e. The first-order valence-corrected chi connectivity index (χ1v) is 7.58. The van der Waals surface area contributed by atoms with Crippen molar-refractivity contribution in [2.75, 3.05) is 31.1 Å². The van der Waals surface area contributed by atoms with E-state index in [9.17, 15) is 4.79 Å². The molecule has 0 radical (unpaired) electrons. The van der Waals surface area contributed by atoms with Crippen molar-refractivity contribution < 1.29 is 9.32 Å². The van der Waals surface area contributed by atoms with Gasteiger partial charge in [0.05, 0.1) is 6.20 Å². The molecule has 4 rings (SSSR count). The van der Waals surface area contributed by atoms with Crippen molar-refractivity contribution in [3.05, 3.63) is 36.1 Å². The summed E-state index contributed by atoms with van der Waals surface area (Å²) in [4.78, 5) is 24.8. The van der Waals surface area contributed by atoms with E-state index in [0.29, 0.717) is 24.7 Å². The van der Waals surface area contributed by atoms with Gasteiger partial charge in [-0.25, -0.2) is 4.98 Å². The SMILES string of the molecule is O=C(c1cc(C2CC2)on1)N1CCN(c2cnccn2)CC1. The molecule has 1 saturated carbocycles. The molecule has 0 aromatic carbocycles. The number of rotatable bonds is 3. The summed E-state index contributed by atoms with van der Waals surface area (Å²) in [5.41, 5.74) is 0.426. The quantitative estimate of drug-likeness (QED) is 0.850. The van der Waals surface area contributed by atoms with Crippen molar-refractivity contribution in [3.63, 3.8) is 0 Å². The van der Waals surface area contributed by atoms with Gasteiger partial charge < -0.3 is 14.3 Å². The number of piperazine rings is 1. The van der Waals surface area contributed by atoms with Gasteiger partial charge in [0.25, 0.3) is 5.91 Å². The first-order chi connectivity index (χ1) is 10.8. The van der Waals surface area contributed by atoms with Crippen LogP contribution in [-0.2, 0) is 0 Å². The second kappa shape index (κ2) is 5.40. The Morgan fingerprint density at radius 2 is 2.00 bits per heavy atom. The van der Waals surface area contributed by atoms with Gasteiger partial charge in [-0.2, -0.15) is 0 Å². The molecule has 0 N–H and O–H groups in total. The standard InChI is InChI=1S/C15H17N5O2/c21-15(12-9-13(22-18-12)11-1-2-11)20-7-5-19(6-8-20)14-10-16-3-4-17-14/h3-4,9-11H,1-2,5-8H2. The monoisotopic (exact) mass is 299 g/mol. The fourth-order valence-corrected chi connectivity index (χ4v) is 2.71. The van der Waals surface area contributed by atoms with Crippen LogP contribution in [0.2, 0.25) is 0 Å². The lowest BCUT2D eigenvalue weighted by molar-refractivity contribution is 0.0736. The lowest BCUT2D eigenvalue weighted by Crippen LogP contribution is -2.49. The molecule has 2 aromatic rings. The molecular weight excluding hydrogens is 282 g/mol. The molecule has 0 bridgehead atoms. The first kappa shape index (κ1) is 13.2. The van der Waals surface area contributed by atoms with E-state index in [4.69, 9.17) is 4.52 Å². The van der Waals surface area contributed by atoms with Crippen molar-refractivity contribution in [3.8, 4) is 0 Å². The number of amides is 1. The molecule has 7 heteroatoms. The molecule has 7 nitrogen and oxygen atoms in total.